The van der Waals surface area contributed by atoms with Crippen molar-refractivity contribution in [1.82, 2.24) is 0 Å². The molecule has 1 N–H and O–H groups in total. The average molecular weight is 251 g/mol. The second kappa shape index (κ2) is 3.71. The Balaban J connectivity index is 2.24. The first-order chi connectivity index (χ1) is 8.68. The number of carbonyl (C=O) groups excluding carboxylic acids is 1. The van der Waals surface area contributed by atoms with E-state index in [1.165, 1.54) is 6.08 Å². The third-order valence-corrected chi connectivity index (χ3v) is 3.21. The molecule has 0 radical (unpaired) electrons. The Bertz CT molecular complexity index is 562. The van der Waals surface area contributed by atoms with Crippen molar-refractivity contribution in [2.45, 2.75) is 18.4 Å². The van der Waals surface area contributed by atoms with Crippen LogP contribution >= 0.6 is 0 Å². The number of ether oxygens (including phenoxy) is 2. The Kier molecular flexibility index (Phi) is 2.28. The summed E-state index contributed by atoms with van der Waals surface area (Å²) in [5, 5.41) is 9.86. The van der Waals surface area contributed by atoms with Gasteiger partial charge in [0, 0.05) is 6.07 Å². The number of phenolic OH excluding ortho intramolecular Hbond substituents is 1. The fourth-order valence-corrected chi connectivity index (χ4v) is 2.20. The second-order valence-corrected chi connectivity index (χ2v) is 4.34. The number of aliphatic imine (C=N–C) groups is 1. The number of hydrogen-bond donors (Lipinski definition) is 1. The van der Waals surface area contributed by atoms with Crippen LogP contribution in [0, 0.1) is 5.82 Å². The van der Waals surface area contributed by atoms with E-state index in [-0.39, 0.29) is 17.1 Å². The van der Waals surface area contributed by atoms with Gasteiger partial charge in [0.1, 0.15) is 18.8 Å². The number of isocyanates is 1. The van der Waals surface area contributed by atoms with Gasteiger partial charge in [0.2, 0.25) is 6.08 Å². The van der Waals surface area contributed by atoms with Crippen LogP contribution in [0.2, 0.25) is 0 Å². The van der Waals surface area contributed by atoms with E-state index < -0.39 is 17.1 Å². The van der Waals surface area contributed by atoms with Crippen molar-refractivity contribution < 1.29 is 23.8 Å². The Morgan fingerprint density at radius 3 is 2.78 bits per heavy atom. The lowest BCUT2D eigenvalue weighted by Crippen LogP contribution is -2.19. The Labute approximate surface area is 102 Å². The number of hydrogen-bond acceptors (Lipinski definition) is 5. The normalized spacial score (nSPS) is 18.9. The summed E-state index contributed by atoms with van der Waals surface area (Å²) in [5.41, 5.74) is -0.709. The first-order valence-corrected chi connectivity index (χ1v) is 5.58. The lowest BCUT2D eigenvalue weighted by atomic mass is 10.0. The summed E-state index contributed by atoms with van der Waals surface area (Å²) >= 11 is 0. The maximum atomic E-state index is 13.6. The molecule has 0 unspecified atom stereocenters. The van der Waals surface area contributed by atoms with Crippen molar-refractivity contribution in [2.24, 2.45) is 4.99 Å². The molecule has 0 spiro atoms. The van der Waals surface area contributed by atoms with Crippen LogP contribution in [0.1, 0.15) is 18.4 Å². The zero-order chi connectivity index (χ0) is 12.8. The molecule has 0 bridgehead atoms. The summed E-state index contributed by atoms with van der Waals surface area (Å²) in [6, 6.07) is 1.08. The van der Waals surface area contributed by atoms with Gasteiger partial charge in [-0.25, -0.2) is 9.18 Å². The van der Waals surface area contributed by atoms with Crippen LogP contribution in [-0.2, 0) is 10.3 Å². The topological polar surface area (TPSA) is 68.1 Å². The lowest BCUT2D eigenvalue weighted by molar-refractivity contribution is 0.166. The van der Waals surface area contributed by atoms with Gasteiger partial charge in [-0.3, -0.25) is 0 Å². The minimum atomic E-state index is -0.904. The summed E-state index contributed by atoms with van der Waals surface area (Å²) in [5.74, 6) is -0.826. The molecular formula is C12H10FNO4. The van der Waals surface area contributed by atoms with E-state index in [0.29, 0.717) is 26.1 Å². The third kappa shape index (κ3) is 1.46. The molecule has 0 saturated heterocycles. The van der Waals surface area contributed by atoms with E-state index in [1.54, 1.807) is 0 Å². The molecule has 3 rings (SSSR count). The summed E-state index contributed by atoms with van der Waals surface area (Å²) in [4.78, 5) is 14.1. The van der Waals surface area contributed by atoms with Crippen LogP contribution in [0.3, 0.4) is 0 Å². The molecule has 1 fully saturated rings. The molecule has 0 aromatic heterocycles. The number of phenols is 1. The average Bonchev–Trinajstić information content (AvgIpc) is 3.12. The van der Waals surface area contributed by atoms with Gasteiger partial charge < -0.3 is 14.6 Å². The molecular weight excluding hydrogens is 241 g/mol. The monoisotopic (exact) mass is 251 g/mol. The number of aromatic hydroxyl groups is 1. The molecule has 1 aromatic carbocycles. The molecule has 1 aromatic rings. The van der Waals surface area contributed by atoms with Crippen LogP contribution in [0.15, 0.2) is 11.1 Å². The summed E-state index contributed by atoms with van der Waals surface area (Å²) in [6.07, 6.45) is 2.57. The van der Waals surface area contributed by atoms with E-state index in [2.05, 4.69) is 4.99 Å². The van der Waals surface area contributed by atoms with E-state index >= 15 is 0 Å². The minimum Gasteiger partial charge on any atom is -0.504 e. The smallest absolute Gasteiger partial charge is 0.235 e. The third-order valence-electron chi connectivity index (χ3n) is 3.21. The number of benzene rings is 1. The Hall–Kier alpha value is -2.07. The molecule has 6 heteroatoms. The molecule has 5 nitrogen and oxygen atoms in total. The minimum absolute atomic E-state index is 0.195. The van der Waals surface area contributed by atoms with E-state index in [0.717, 1.165) is 6.07 Å². The SMILES string of the molecule is O=C=NC1(c2c(O)c(F)cc3c2OCCO3)CC1. The zero-order valence-electron chi connectivity index (χ0n) is 9.40. The number of nitrogens with zero attached hydrogens (tertiary/aromatic N) is 1. The first kappa shape index (κ1) is 11.0. The van der Waals surface area contributed by atoms with Crippen molar-refractivity contribution >= 4 is 6.08 Å². The van der Waals surface area contributed by atoms with Gasteiger partial charge in [0.05, 0.1) is 5.56 Å². The molecule has 2 aliphatic rings. The standard InChI is InChI=1S/C12H10FNO4/c13-7-5-8-11(18-4-3-17-8)9(10(7)16)12(1-2-12)14-6-15/h5,16H,1-4H2. The number of halogens is 1. The molecule has 1 saturated carbocycles. The van der Waals surface area contributed by atoms with Crippen LogP contribution < -0.4 is 9.47 Å². The molecule has 0 atom stereocenters. The molecule has 18 heavy (non-hydrogen) atoms. The number of fused-ring (bicyclic) bond motifs is 1. The van der Waals surface area contributed by atoms with Gasteiger partial charge in [-0.05, 0) is 12.8 Å². The van der Waals surface area contributed by atoms with Crippen LogP contribution in [0.25, 0.3) is 0 Å². The highest BCUT2D eigenvalue weighted by Gasteiger charge is 2.50. The summed E-state index contributed by atoms with van der Waals surface area (Å²) < 4.78 is 24.3. The maximum Gasteiger partial charge on any atom is 0.235 e. The highest BCUT2D eigenvalue weighted by molar-refractivity contribution is 5.60. The van der Waals surface area contributed by atoms with Gasteiger partial charge >= 0.3 is 0 Å². The zero-order valence-corrected chi connectivity index (χ0v) is 9.40. The van der Waals surface area contributed by atoms with Gasteiger partial charge in [0.25, 0.3) is 0 Å². The van der Waals surface area contributed by atoms with E-state index in [1.807, 2.05) is 0 Å². The Morgan fingerprint density at radius 2 is 2.11 bits per heavy atom. The van der Waals surface area contributed by atoms with Crippen LogP contribution in [0.4, 0.5) is 4.39 Å². The van der Waals surface area contributed by atoms with Crippen LogP contribution in [0.5, 0.6) is 17.2 Å². The predicted octanol–water partition coefficient (Wildman–Crippen LogP) is 1.63. The van der Waals surface area contributed by atoms with Crippen molar-refractivity contribution in [2.75, 3.05) is 13.2 Å². The maximum absolute atomic E-state index is 13.6. The predicted molar refractivity (Wildman–Crippen MR) is 58.1 cm³/mol. The molecule has 1 aliphatic heterocycles. The van der Waals surface area contributed by atoms with Crippen molar-refractivity contribution in [3.05, 3.63) is 17.4 Å². The van der Waals surface area contributed by atoms with E-state index in [4.69, 9.17) is 9.47 Å². The van der Waals surface area contributed by atoms with Gasteiger partial charge in [-0.2, -0.15) is 4.99 Å². The van der Waals surface area contributed by atoms with Crippen molar-refractivity contribution in [3.63, 3.8) is 0 Å². The highest BCUT2D eigenvalue weighted by Crippen LogP contribution is 2.58. The van der Waals surface area contributed by atoms with E-state index in [9.17, 15) is 14.3 Å². The fraction of sp³-hybridized carbons (Fsp3) is 0.417. The van der Waals surface area contributed by atoms with Gasteiger partial charge in [-0.1, -0.05) is 0 Å². The van der Waals surface area contributed by atoms with Crippen molar-refractivity contribution in [1.29, 1.82) is 0 Å². The van der Waals surface area contributed by atoms with Crippen LogP contribution in [-0.4, -0.2) is 24.4 Å². The first-order valence-electron chi connectivity index (χ1n) is 5.58. The number of rotatable bonds is 2. The largest absolute Gasteiger partial charge is 0.504 e. The van der Waals surface area contributed by atoms with Gasteiger partial charge in [-0.15, -0.1) is 0 Å². The molecule has 94 valence electrons. The second-order valence-electron chi connectivity index (χ2n) is 4.34. The summed E-state index contributed by atoms with van der Waals surface area (Å²) in [7, 11) is 0. The van der Waals surface area contributed by atoms with Gasteiger partial charge in [0.15, 0.2) is 23.1 Å². The van der Waals surface area contributed by atoms with Crippen molar-refractivity contribution in [3.8, 4) is 17.2 Å². The fourth-order valence-electron chi connectivity index (χ4n) is 2.20. The molecule has 1 heterocycles. The summed E-state index contributed by atoms with van der Waals surface area (Å²) in [6.45, 7) is 0.632. The molecule has 0 amide bonds. The quantitative estimate of drug-likeness (QED) is 0.640. The molecule has 1 aliphatic carbocycles. The Morgan fingerprint density at radius 1 is 1.39 bits per heavy atom. The lowest BCUT2D eigenvalue weighted by Gasteiger charge is -2.24. The highest BCUT2D eigenvalue weighted by atomic mass is 19.1.